The van der Waals surface area contributed by atoms with Crippen molar-refractivity contribution in [3.63, 3.8) is 0 Å². The summed E-state index contributed by atoms with van der Waals surface area (Å²) in [6, 6.07) is 14.2. The van der Waals surface area contributed by atoms with Gasteiger partial charge >= 0.3 is 0 Å². The van der Waals surface area contributed by atoms with Gasteiger partial charge in [-0.1, -0.05) is 17.7 Å². The van der Waals surface area contributed by atoms with Gasteiger partial charge in [-0.15, -0.1) is 0 Å². The number of aromatic nitrogens is 2. The zero-order chi connectivity index (χ0) is 19.5. The molecule has 1 fully saturated rings. The smallest absolute Gasteiger partial charge is 0.227 e. The van der Waals surface area contributed by atoms with E-state index in [1.54, 1.807) is 6.20 Å². The molecular formula is C21H21ClFN5. The van der Waals surface area contributed by atoms with Crippen molar-refractivity contribution in [2.24, 2.45) is 0 Å². The van der Waals surface area contributed by atoms with E-state index in [9.17, 15) is 4.39 Å². The van der Waals surface area contributed by atoms with Crippen molar-refractivity contribution in [3.05, 3.63) is 71.1 Å². The molecule has 144 valence electrons. The van der Waals surface area contributed by atoms with E-state index in [1.165, 1.54) is 12.1 Å². The Hall–Kier alpha value is -2.86. The van der Waals surface area contributed by atoms with Crippen LogP contribution < -0.4 is 15.1 Å². The molecule has 0 aliphatic carbocycles. The zero-order valence-electron chi connectivity index (χ0n) is 15.6. The number of hydrogen-bond donors (Lipinski definition) is 1. The Balaban J connectivity index is 1.43. The number of piperazine rings is 1. The first-order valence-electron chi connectivity index (χ1n) is 9.20. The zero-order valence-corrected chi connectivity index (χ0v) is 16.3. The quantitative estimate of drug-likeness (QED) is 0.694. The maximum absolute atomic E-state index is 13.1. The van der Waals surface area contributed by atoms with Gasteiger partial charge in [-0.2, -0.15) is 4.98 Å². The third kappa shape index (κ3) is 4.17. The van der Waals surface area contributed by atoms with Crippen LogP contribution in [-0.4, -0.2) is 36.1 Å². The first-order chi connectivity index (χ1) is 13.6. The molecule has 0 radical (unpaired) electrons. The Kier molecular flexibility index (Phi) is 5.30. The molecule has 4 rings (SSSR count). The summed E-state index contributed by atoms with van der Waals surface area (Å²) in [5.74, 6) is 1.22. The molecule has 1 saturated heterocycles. The van der Waals surface area contributed by atoms with Crippen LogP contribution in [0, 0.1) is 12.7 Å². The largest absolute Gasteiger partial charge is 0.368 e. The molecule has 5 nitrogen and oxygen atoms in total. The number of hydrogen-bond acceptors (Lipinski definition) is 5. The number of nitrogens with one attached hydrogen (secondary N) is 1. The minimum Gasteiger partial charge on any atom is -0.368 e. The third-order valence-corrected chi connectivity index (χ3v) is 5.09. The summed E-state index contributed by atoms with van der Waals surface area (Å²) in [7, 11) is 0. The highest BCUT2D eigenvalue weighted by Crippen LogP contribution is 2.24. The molecule has 1 N–H and O–H groups in total. The molecule has 0 unspecified atom stereocenters. The Labute approximate surface area is 168 Å². The molecule has 0 spiro atoms. The molecule has 1 aromatic heterocycles. The fourth-order valence-electron chi connectivity index (χ4n) is 3.25. The number of nitrogens with zero attached hydrogens (tertiary/aromatic N) is 4. The highest BCUT2D eigenvalue weighted by atomic mass is 35.5. The fourth-order valence-corrected chi connectivity index (χ4v) is 3.43. The molecule has 2 aromatic carbocycles. The van der Waals surface area contributed by atoms with E-state index in [-0.39, 0.29) is 5.82 Å². The van der Waals surface area contributed by atoms with Gasteiger partial charge in [-0.05, 0) is 55.0 Å². The topological polar surface area (TPSA) is 44.3 Å². The SMILES string of the molecule is Cc1ccc(Cl)cc1Nc1ccnc(N2CCN(c3ccc(F)cc3)CC2)n1. The first kappa shape index (κ1) is 18.5. The fraction of sp³-hybridized carbons (Fsp3) is 0.238. The Morgan fingerprint density at radius 3 is 2.43 bits per heavy atom. The predicted octanol–water partition coefficient (Wildman–Crippen LogP) is 4.65. The Morgan fingerprint density at radius 2 is 1.68 bits per heavy atom. The second kappa shape index (κ2) is 8.02. The van der Waals surface area contributed by atoms with Crippen molar-refractivity contribution in [2.45, 2.75) is 6.92 Å². The van der Waals surface area contributed by atoms with Gasteiger partial charge in [0.15, 0.2) is 0 Å². The summed E-state index contributed by atoms with van der Waals surface area (Å²) in [6.45, 7) is 5.30. The van der Waals surface area contributed by atoms with E-state index in [1.807, 2.05) is 43.3 Å². The van der Waals surface area contributed by atoms with Crippen LogP contribution in [0.3, 0.4) is 0 Å². The van der Waals surface area contributed by atoms with E-state index in [4.69, 9.17) is 11.6 Å². The summed E-state index contributed by atoms with van der Waals surface area (Å²) < 4.78 is 13.1. The number of benzene rings is 2. The van der Waals surface area contributed by atoms with E-state index < -0.39 is 0 Å². The van der Waals surface area contributed by atoms with Gasteiger partial charge in [0.2, 0.25) is 5.95 Å². The minimum absolute atomic E-state index is 0.213. The molecule has 0 saturated carbocycles. The van der Waals surface area contributed by atoms with Crippen LogP contribution in [0.1, 0.15) is 5.56 Å². The average molecular weight is 398 g/mol. The van der Waals surface area contributed by atoms with E-state index in [0.29, 0.717) is 11.0 Å². The number of halogens is 2. The summed E-state index contributed by atoms with van der Waals surface area (Å²) in [6.07, 6.45) is 1.76. The maximum Gasteiger partial charge on any atom is 0.227 e. The van der Waals surface area contributed by atoms with Crippen LogP contribution in [0.4, 0.5) is 27.5 Å². The van der Waals surface area contributed by atoms with Crippen LogP contribution in [0.5, 0.6) is 0 Å². The van der Waals surface area contributed by atoms with Crippen molar-refractivity contribution in [1.29, 1.82) is 0 Å². The molecule has 1 aliphatic heterocycles. The first-order valence-corrected chi connectivity index (χ1v) is 9.58. The lowest BCUT2D eigenvalue weighted by Crippen LogP contribution is -2.47. The van der Waals surface area contributed by atoms with Gasteiger partial charge in [-0.3, -0.25) is 0 Å². The molecule has 0 bridgehead atoms. The van der Waals surface area contributed by atoms with Crippen LogP contribution in [0.2, 0.25) is 5.02 Å². The lowest BCUT2D eigenvalue weighted by atomic mass is 10.2. The predicted molar refractivity (Wildman–Crippen MR) is 112 cm³/mol. The van der Waals surface area contributed by atoms with Gasteiger partial charge in [0.1, 0.15) is 11.6 Å². The maximum atomic E-state index is 13.1. The molecule has 0 amide bonds. The second-order valence-electron chi connectivity index (χ2n) is 6.78. The molecule has 2 heterocycles. The standard InChI is InChI=1S/C21H21ClFN5/c1-15-2-3-16(22)14-19(15)25-20-8-9-24-21(26-20)28-12-10-27(11-13-28)18-6-4-17(23)5-7-18/h2-9,14H,10-13H2,1H3,(H,24,25,26). The normalized spacial score (nSPS) is 14.2. The van der Waals surface area contributed by atoms with E-state index in [0.717, 1.165) is 48.9 Å². The van der Waals surface area contributed by atoms with Gasteiger partial charge in [0.05, 0.1) is 0 Å². The van der Waals surface area contributed by atoms with Crippen LogP contribution in [-0.2, 0) is 0 Å². The summed E-state index contributed by atoms with van der Waals surface area (Å²) in [5, 5.41) is 4.00. The molecule has 3 aromatic rings. The van der Waals surface area contributed by atoms with Crippen molar-refractivity contribution in [1.82, 2.24) is 9.97 Å². The van der Waals surface area contributed by atoms with Gasteiger partial charge in [0.25, 0.3) is 0 Å². The highest BCUT2D eigenvalue weighted by Gasteiger charge is 2.19. The Bertz CT molecular complexity index is 955. The van der Waals surface area contributed by atoms with Gasteiger partial charge in [-0.25, -0.2) is 9.37 Å². The second-order valence-corrected chi connectivity index (χ2v) is 7.21. The Morgan fingerprint density at radius 1 is 0.964 bits per heavy atom. The third-order valence-electron chi connectivity index (χ3n) is 4.86. The number of anilines is 4. The number of rotatable bonds is 4. The van der Waals surface area contributed by atoms with Crippen LogP contribution >= 0.6 is 11.6 Å². The molecular weight excluding hydrogens is 377 g/mol. The lowest BCUT2D eigenvalue weighted by molar-refractivity contribution is 0.623. The van der Waals surface area contributed by atoms with Gasteiger partial charge < -0.3 is 15.1 Å². The highest BCUT2D eigenvalue weighted by molar-refractivity contribution is 6.30. The minimum atomic E-state index is -0.213. The van der Waals surface area contributed by atoms with Gasteiger partial charge in [0, 0.05) is 48.8 Å². The molecule has 28 heavy (non-hydrogen) atoms. The van der Waals surface area contributed by atoms with Crippen molar-refractivity contribution in [2.75, 3.05) is 41.3 Å². The van der Waals surface area contributed by atoms with Crippen molar-refractivity contribution >= 4 is 34.7 Å². The van der Waals surface area contributed by atoms with Crippen molar-refractivity contribution in [3.8, 4) is 0 Å². The lowest BCUT2D eigenvalue weighted by Gasteiger charge is -2.36. The van der Waals surface area contributed by atoms with E-state index in [2.05, 4.69) is 25.1 Å². The van der Waals surface area contributed by atoms with Crippen LogP contribution in [0.15, 0.2) is 54.7 Å². The molecule has 7 heteroatoms. The molecule has 0 atom stereocenters. The summed E-state index contributed by atoms with van der Waals surface area (Å²) >= 11 is 6.10. The molecule has 1 aliphatic rings. The van der Waals surface area contributed by atoms with Crippen molar-refractivity contribution < 1.29 is 4.39 Å². The summed E-state index contributed by atoms with van der Waals surface area (Å²) in [4.78, 5) is 13.5. The monoisotopic (exact) mass is 397 g/mol. The van der Waals surface area contributed by atoms with Crippen LogP contribution in [0.25, 0.3) is 0 Å². The average Bonchev–Trinajstić information content (AvgIpc) is 2.72. The number of aryl methyl sites for hydroxylation is 1. The van der Waals surface area contributed by atoms with E-state index >= 15 is 0 Å². The summed E-state index contributed by atoms with van der Waals surface area (Å²) in [5.41, 5.74) is 3.06.